The van der Waals surface area contributed by atoms with E-state index in [4.69, 9.17) is 0 Å². The lowest BCUT2D eigenvalue weighted by molar-refractivity contribution is 0.200. The molecule has 2 fully saturated rings. The van der Waals surface area contributed by atoms with Gasteiger partial charge in [-0.3, -0.25) is 0 Å². The van der Waals surface area contributed by atoms with E-state index in [-0.39, 0.29) is 0 Å². The predicted octanol–water partition coefficient (Wildman–Crippen LogP) is 1.33. The Morgan fingerprint density at radius 1 is 1.23 bits per heavy atom. The van der Waals surface area contributed by atoms with E-state index in [1.165, 1.54) is 51.9 Å². The van der Waals surface area contributed by atoms with Crippen LogP contribution in [0.25, 0.3) is 0 Å². The third-order valence-electron chi connectivity index (χ3n) is 3.60. The molecule has 0 amide bonds. The van der Waals surface area contributed by atoms with Crippen LogP contribution in [-0.4, -0.2) is 38.1 Å². The second-order valence-corrected chi connectivity index (χ2v) is 4.77. The highest BCUT2D eigenvalue weighted by molar-refractivity contribution is 4.80. The Balaban J connectivity index is 1.65. The molecule has 0 aromatic rings. The Bertz CT molecular complexity index is 154. The number of hydrogen-bond acceptors (Lipinski definition) is 2. The van der Waals surface area contributed by atoms with E-state index in [1.54, 1.807) is 0 Å². The summed E-state index contributed by atoms with van der Waals surface area (Å²) < 4.78 is 0. The summed E-state index contributed by atoms with van der Waals surface area (Å²) in [5, 5.41) is 3.28. The third-order valence-corrected chi connectivity index (χ3v) is 3.60. The number of likely N-dealkylation sites (tertiary alicyclic amines) is 1. The van der Waals surface area contributed by atoms with Crippen LogP contribution in [0.4, 0.5) is 0 Å². The highest BCUT2D eigenvalue weighted by Crippen LogP contribution is 2.28. The second kappa shape index (κ2) is 4.43. The molecule has 1 aliphatic heterocycles. The second-order valence-electron chi connectivity index (χ2n) is 4.77. The topological polar surface area (TPSA) is 15.3 Å². The van der Waals surface area contributed by atoms with Crippen molar-refractivity contribution in [3.8, 4) is 0 Å². The van der Waals surface area contributed by atoms with Crippen molar-refractivity contribution in [3.63, 3.8) is 0 Å². The SMILES string of the molecule is CNCC1CCN(CC2CCC2)C1. The van der Waals surface area contributed by atoms with E-state index in [0.717, 1.165) is 11.8 Å². The molecule has 0 aromatic carbocycles. The molecule has 2 nitrogen and oxygen atoms in total. The molecule has 0 spiro atoms. The molecule has 1 saturated carbocycles. The molecule has 2 aliphatic rings. The highest BCUT2D eigenvalue weighted by Gasteiger charge is 2.26. The van der Waals surface area contributed by atoms with Crippen molar-refractivity contribution in [2.45, 2.75) is 25.7 Å². The van der Waals surface area contributed by atoms with Crippen LogP contribution in [0.3, 0.4) is 0 Å². The predicted molar refractivity (Wildman–Crippen MR) is 55.8 cm³/mol. The van der Waals surface area contributed by atoms with Crippen molar-refractivity contribution in [2.75, 3.05) is 33.2 Å². The Hall–Kier alpha value is -0.0800. The van der Waals surface area contributed by atoms with Gasteiger partial charge in [-0.25, -0.2) is 0 Å². The van der Waals surface area contributed by atoms with Crippen LogP contribution >= 0.6 is 0 Å². The van der Waals surface area contributed by atoms with Crippen LogP contribution in [0.5, 0.6) is 0 Å². The summed E-state index contributed by atoms with van der Waals surface area (Å²) >= 11 is 0. The Labute approximate surface area is 81.7 Å². The van der Waals surface area contributed by atoms with Gasteiger partial charge >= 0.3 is 0 Å². The summed E-state index contributed by atoms with van der Waals surface area (Å²) in [6.07, 6.45) is 5.88. The summed E-state index contributed by atoms with van der Waals surface area (Å²) in [6.45, 7) is 5.29. The van der Waals surface area contributed by atoms with Crippen molar-refractivity contribution in [1.82, 2.24) is 10.2 Å². The Kier molecular flexibility index (Phi) is 3.23. The maximum Gasteiger partial charge on any atom is 0.00224 e. The first-order chi connectivity index (χ1) is 6.38. The monoisotopic (exact) mass is 182 g/mol. The van der Waals surface area contributed by atoms with Crippen LogP contribution in [0, 0.1) is 11.8 Å². The molecule has 0 aromatic heterocycles. The maximum atomic E-state index is 3.28. The number of nitrogens with zero attached hydrogens (tertiary/aromatic N) is 1. The van der Waals surface area contributed by atoms with Crippen LogP contribution in [0.1, 0.15) is 25.7 Å². The zero-order chi connectivity index (χ0) is 9.10. The number of hydrogen-bond donors (Lipinski definition) is 1. The van der Waals surface area contributed by atoms with Crippen LogP contribution in [-0.2, 0) is 0 Å². The molecule has 1 atom stereocenters. The summed E-state index contributed by atoms with van der Waals surface area (Å²) in [5.41, 5.74) is 0. The number of nitrogens with one attached hydrogen (secondary N) is 1. The minimum Gasteiger partial charge on any atom is -0.319 e. The zero-order valence-corrected chi connectivity index (χ0v) is 8.76. The first kappa shape index (κ1) is 9.47. The summed E-state index contributed by atoms with van der Waals surface area (Å²) in [6, 6.07) is 0. The molecule has 1 aliphatic carbocycles. The molecule has 0 radical (unpaired) electrons. The first-order valence-electron chi connectivity index (χ1n) is 5.75. The van der Waals surface area contributed by atoms with E-state index in [9.17, 15) is 0 Å². The smallest absolute Gasteiger partial charge is 0.00224 e. The first-order valence-corrected chi connectivity index (χ1v) is 5.75. The van der Waals surface area contributed by atoms with Crippen molar-refractivity contribution in [1.29, 1.82) is 0 Å². The largest absolute Gasteiger partial charge is 0.319 e. The average molecular weight is 182 g/mol. The molecular weight excluding hydrogens is 160 g/mol. The zero-order valence-electron chi connectivity index (χ0n) is 8.76. The molecular formula is C11H22N2. The fraction of sp³-hybridized carbons (Fsp3) is 1.00. The molecule has 1 N–H and O–H groups in total. The average Bonchev–Trinajstić information content (AvgIpc) is 2.46. The lowest BCUT2D eigenvalue weighted by atomic mass is 9.85. The van der Waals surface area contributed by atoms with Gasteiger partial charge < -0.3 is 10.2 Å². The minimum absolute atomic E-state index is 0.921. The molecule has 1 unspecified atom stereocenters. The third kappa shape index (κ3) is 2.44. The van der Waals surface area contributed by atoms with Gasteiger partial charge in [-0.15, -0.1) is 0 Å². The van der Waals surface area contributed by atoms with E-state index in [2.05, 4.69) is 17.3 Å². The maximum absolute atomic E-state index is 3.28. The molecule has 2 heteroatoms. The van der Waals surface area contributed by atoms with E-state index in [0.29, 0.717) is 0 Å². The van der Waals surface area contributed by atoms with Gasteiger partial charge in [0.2, 0.25) is 0 Å². The van der Waals surface area contributed by atoms with Gasteiger partial charge in [0.15, 0.2) is 0 Å². The van der Waals surface area contributed by atoms with Crippen molar-refractivity contribution in [3.05, 3.63) is 0 Å². The fourth-order valence-electron chi connectivity index (χ4n) is 2.57. The Morgan fingerprint density at radius 2 is 2.08 bits per heavy atom. The summed E-state index contributed by atoms with van der Waals surface area (Å²) in [4.78, 5) is 2.67. The number of rotatable bonds is 4. The van der Waals surface area contributed by atoms with Crippen molar-refractivity contribution < 1.29 is 0 Å². The van der Waals surface area contributed by atoms with E-state index < -0.39 is 0 Å². The van der Waals surface area contributed by atoms with E-state index >= 15 is 0 Å². The van der Waals surface area contributed by atoms with Crippen LogP contribution < -0.4 is 5.32 Å². The Morgan fingerprint density at radius 3 is 2.69 bits per heavy atom. The lowest BCUT2D eigenvalue weighted by Crippen LogP contribution is -2.31. The van der Waals surface area contributed by atoms with Gasteiger partial charge in [-0.05, 0) is 51.2 Å². The molecule has 1 heterocycles. The molecule has 76 valence electrons. The summed E-state index contributed by atoms with van der Waals surface area (Å²) in [5.74, 6) is 1.97. The lowest BCUT2D eigenvalue weighted by Gasteiger charge is -2.30. The minimum atomic E-state index is 0.921. The standard InChI is InChI=1S/C11H22N2/c1-12-7-11-5-6-13(9-11)8-10-3-2-4-10/h10-12H,2-9H2,1H3. The molecule has 13 heavy (non-hydrogen) atoms. The quantitative estimate of drug-likeness (QED) is 0.705. The van der Waals surface area contributed by atoms with E-state index in [1.807, 2.05) is 0 Å². The van der Waals surface area contributed by atoms with Crippen LogP contribution in [0.15, 0.2) is 0 Å². The molecule has 1 saturated heterocycles. The van der Waals surface area contributed by atoms with Gasteiger partial charge in [0, 0.05) is 13.1 Å². The normalized spacial score (nSPS) is 30.7. The van der Waals surface area contributed by atoms with Crippen molar-refractivity contribution in [2.24, 2.45) is 11.8 Å². The molecule has 0 bridgehead atoms. The van der Waals surface area contributed by atoms with Crippen molar-refractivity contribution >= 4 is 0 Å². The van der Waals surface area contributed by atoms with Gasteiger partial charge in [0.05, 0.1) is 0 Å². The highest BCUT2D eigenvalue weighted by atomic mass is 15.2. The fourth-order valence-corrected chi connectivity index (χ4v) is 2.57. The van der Waals surface area contributed by atoms with Gasteiger partial charge in [0.1, 0.15) is 0 Å². The van der Waals surface area contributed by atoms with Gasteiger partial charge in [-0.1, -0.05) is 6.42 Å². The van der Waals surface area contributed by atoms with Crippen LogP contribution in [0.2, 0.25) is 0 Å². The molecule has 2 rings (SSSR count). The summed E-state index contributed by atoms with van der Waals surface area (Å²) in [7, 11) is 2.06. The van der Waals surface area contributed by atoms with Gasteiger partial charge in [0.25, 0.3) is 0 Å². The van der Waals surface area contributed by atoms with Gasteiger partial charge in [-0.2, -0.15) is 0 Å².